The quantitative estimate of drug-likeness (QED) is 0.341. The number of anilines is 1. The van der Waals surface area contributed by atoms with Gasteiger partial charge in [-0.1, -0.05) is 16.8 Å². The lowest BCUT2D eigenvalue weighted by atomic mass is 10.0. The normalized spacial score (nSPS) is 21.7. The molecule has 1 aromatic carbocycles. The van der Waals surface area contributed by atoms with Gasteiger partial charge in [0.1, 0.15) is 0 Å². The van der Waals surface area contributed by atoms with Crippen molar-refractivity contribution in [3.63, 3.8) is 0 Å². The number of halogens is 1. The van der Waals surface area contributed by atoms with Crippen molar-refractivity contribution in [1.29, 1.82) is 0 Å². The van der Waals surface area contributed by atoms with Crippen molar-refractivity contribution in [2.24, 2.45) is 16.8 Å². The topological polar surface area (TPSA) is 82.1 Å². The number of hydrogen-bond donors (Lipinski definition) is 3. The Hall–Kier alpha value is -1.46. The third-order valence-corrected chi connectivity index (χ3v) is 3.90. The first-order chi connectivity index (χ1) is 9.02. The highest BCUT2D eigenvalue weighted by Crippen LogP contribution is 2.32. The zero-order chi connectivity index (χ0) is 14.0. The average molecular weight is 284 g/mol. The second kappa shape index (κ2) is 5.67. The van der Waals surface area contributed by atoms with Crippen molar-refractivity contribution >= 4 is 23.1 Å². The second-order valence-electron chi connectivity index (χ2n) is 4.89. The van der Waals surface area contributed by atoms with Gasteiger partial charge in [-0.2, -0.15) is 0 Å². The third kappa shape index (κ3) is 2.93. The van der Waals surface area contributed by atoms with Crippen molar-refractivity contribution < 1.29 is 10.3 Å². The minimum Gasteiger partial charge on any atom is -0.409 e. The van der Waals surface area contributed by atoms with Crippen LogP contribution in [0.3, 0.4) is 0 Å². The van der Waals surface area contributed by atoms with E-state index in [2.05, 4.69) is 10.1 Å². The zero-order valence-corrected chi connectivity index (χ0v) is 11.5. The molecule has 1 fully saturated rings. The van der Waals surface area contributed by atoms with E-state index < -0.39 is 0 Å². The molecule has 1 aliphatic rings. The molecule has 0 spiro atoms. The first kappa shape index (κ1) is 14.0. The van der Waals surface area contributed by atoms with Gasteiger partial charge in [0.25, 0.3) is 0 Å². The maximum Gasteiger partial charge on any atom is 0.170 e. The molecular formula is C13H18ClN3O2. The van der Waals surface area contributed by atoms with E-state index in [-0.39, 0.29) is 17.9 Å². The third-order valence-electron chi connectivity index (χ3n) is 3.60. The van der Waals surface area contributed by atoms with E-state index in [1.54, 1.807) is 12.1 Å². The number of amidine groups is 1. The van der Waals surface area contributed by atoms with Crippen molar-refractivity contribution in [3.8, 4) is 0 Å². The molecule has 1 saturated heterocycles. The Morgan fingerprint density at radius 3 is 2.84 bits per heavy atom. The minimum atomic E-state index is -0.305. The molecule has 1 heterocycles. The summed E-state index contributed by atoms with van der Waals surface area (Å²) in [6.45, 7) is 3.48. The van der Waals surface area contributed by atoms with Crippen LogP contribution in [0.1, 0.15) is 18.9 Å². The fourth-order valence-electron chi connectivity index (χ4n) is 2.38. The summed E-state index contributed by atoms with van der Waals surface area (Å²) in [7, 11) is 0. The molecule has 19 heavy (non-hydrogen) atoms. The highest BCUT2D eigenvalue weighted by atomic mass is 35.5. The highest BCUT2D eigenvalue weighted by Gasteiger charge is 2.27. The van der Waals surface area contributed by atoms with Crippen LogP contribution < -0.4 is 10.6 Å². The van der Waals surface area contributed by atoms with Crippen LogP contribution >= 0.6 is 11.6 Å². The summed E-state index contributed by atoms with van der Waals surface area (Å²) >= 11 is 6.24. The number of hydrogen-bond acceptors (Lipinski definition) is 4. The average Bonchev–Trinajstić information content (AvgIpc) is 2.87. The number of nitrogens with two attached hydrogens (primary N) is 1. The highest BCUT2D eigenvalue weighted by molar-refractivity contribution is 6.33. The van der Waals surface area contributed by atoms with E-state index in [4.69, 9.17) is 22.5 Å². The Bertz CT molecular complexity index is 491. The Labute approximate surface area is 117 Å². The fraction of sp³-hybridized carbons (Fsp3) is 0.462. The van der Waals surface area contributed by atoms with Crippen molar-refractivity contribution in [1.82, 2.24) is 0 Å². The zero-order valence-electron chi connectivity index (χ0n) is 10.8. The van der Waals surface area contributed by atoms with E-state index in [1.807, 2.05) is 13.0 Å². The van der Waals surface area contributed by atoms with Gasteiger partial charge in [0.05, 0.1) is 16.8 Å². The van der Waals surface area contributed by atoms with Crippen LogP contribution in [0.4, 0.5) is 5.69 Å². The molecule has 6 heteroatoms. The van der Waals surface area contributed by atoms with Gasteiger partial charge in [0, 0.05) is 24.6 Å². The largest absolute Gasteiger partial charge is 0.409 e. The standard InChI is InChI=1S/C13H18ClN3O2/c1-8(18)10-4-5-17(7-10)12-3-2-9(6-11(12)14)13(15)16-19/h2-3,6,8,10,18-19H,4-5,7H2,1H3,(H2,15,16). The first-order valence-corrected chi connectivity index (χ1v) is 6.61. The predicted molar refractivity (Wildman–Crippen MR) is 76.0 cm³/mol. The number of nitrogens with zero attached hydrogens (tertiary/aromatic N) is 2. The SMILES string of the molecule is CC(O)C1CCN(c2ccc(/C(N)=N/O)cc2Cl)C1. The van der Waals surface area contributed by atoms with Gasteiger partial charge in [0.15, 0.2) is 5.84 Å². The van der Waals surface area contributed by atoms with E-state index in [0.29, 0.717) is 10.6 Å². The Balaban J connectivity index is 2.18. The molecule has 104 valence electrons. The van der Waals surface area contributed by atoms with Crippen LogP contribution in [0, 0.1) is 5.92 Å². The monoisotopic (exact) mass is 283 g/mol. The summed E-state index contributed by atoms with van der Waals surface area (Å²) in [6, 6.07) is 5.31. The van der Waals surface area contributed by atoms with Gasteiger partial charge in [-0.3, -0.25) is 0 Å². The van der Waals surface area contributed by atoms with Gasteiger partial charge in [-0.25, -0.2) is 0 Å². The molecule has 1 aliphatic heterocycles. The Kier molecular flexibility index (Phi) is 4.17. The van der Waals surface area contributed by atoms with Crippen LogP contribution in [0.15, 0.2) is 23.4 Å². The first-order valence-electron chi connectivity index (χ1n) is 6.23. The van der Waals surface area contributed by atoms with Gasteiger partial charge < -0.3 is 20.9 Å². The smallest absolute Gasteiger partial charge is 0.170 e. The number of rotatable bonds is 3. The molecule has 0 radical (unpaired) electrons. The van der Waals surface area contributed by atoms with Crippen molar-refractivity contribution in [2.75, 3.05) is 18.0 Å². The number of benzene rings is 1. The van der Waals surface area contributed by atoms with Crippen LogP contribution in [0.25, 0.3) is 0 Å². The van der Waals surface area contributed by atoms with Gasteiger partial charge in [-0.05, 0) is 31.5 Å². The van der Waals surface area contributed by atoms with E-state index >= 15 is 0 Å². The van der Waals surface area contributed by atoms with Crippen molar-refractivity contribution in [2.45, 2.75) is 19.4 Å². The van der Waals surface area contributed by atoms with Crippen LogP contribution in [-0.4, -0.2) is 35.3 Å². The molecule has 2 rings (SSSR count). The van der Waals surface area contributed by atoms with E-state index in [0.717, 1.165) is 25.2 Å². The molecule has 5 nitrogen and oxygen atoms in total. The molecule has 0 amide bonds. The van der Waals surface area contributed by atoms with Gasteiger partial charge in [-0.15, -0.1) is 0 Å². The molecule has 0 bridgehead atoms. The lowest BCUT2D eigenvalue weighted by Gasteiger charge is -2.21. The maximum absolute atomic E-state index is 9.62. The molecule has 0 aromatic heterocycles. The molecule has 1 aromatic rings. The molecular weight excluding hydrogens is 266 g/mol. The van der Waals surface area contributed by atoms with Crippen LogP contribution in [-0.2, 0) is 0 Å². The van der Waals surface area contributed by atoms with E-state index in [1.165, 1.54) is 0 Å². The number of oxime groups is 1. The fourth-order valence-corrected chi connectivity index (χ4v) is 2.68. The summed E-state index contributed by atoms with van der Waals surface area (Å²) in [4.78, 5) is 2.15. The Morgan fingerprint density at radius 1 is 1.58 bits per heavy atom. The Morgan fingerprint density at radius 2 is 2.32 bits per heavy atom. The molecule has 4 N–H and O–H groups in total. The van der Waals surface area contributed by atoms with Crippen LogP contribution in [0.5, 0.6) is 0 Å². The molecule has 0 aliphatic carbocycles. The second-order valence-corrected chi connectivity index (χ2v) is 5.29. The number of aliphatic hydroxyl groups is 1. The maximum atomic E-state index is 9.62. The van der Waals surface area contributed by atoms with Gasteiger partial charge in [0.2, 0.25) is 0 Å². The molecule has 2 unspecified atom stereocenters. The summed E-state index contributed by atoms with van der Waals surface area (Å²) in [5, 5.41) is 21.8. The summed E-state index contributed by atoms with van der Waals surface area (Å²) in [5.74, 6) is 0.316. The molecule has 2 atom stereocenters. The summed E-state index contributed by atoms with van der Waals surface area (Å²) in [6.07, 6.45) is 0.649. The predicted octanol–water partition coefficient (Wildman–Crippen LogP) is 1.64. The van der Waals surface area contributed by atoms with Gasteiger partial charge >= 0.3 is 0 Å². The lowest BCUT2D eigenvalue weighted by molar-refractivity contribution is 0.136. The number of aliphatic hydroxyl groups excluding tert-OH is 1. The van der Waals surface area contributed by atoms with Crippen LogP contribution in [0.2, 0.25) is 5.02 Å². The minimum absolute atomic E-state index is 0.0386. The molecule has 0 saturated carbocycles. The lowest BCUT2D eigenvalue weighted by Crippen LogP contribution is -2.24. The summed E-state index contributed by atoms with van der Waals surface area (Å²) < 4.78 is 0. The van der Waals surface area contributed by atoms with E-state index in [9.17, 15) is 5.11 Å². The van der Waals surface area contributed by atoms with Crippen molar-refractivity contribution in [3.05, 3.63) is 28.8 Å². The summed E-state index contributed by atoms with van der Waals surface area (Å²) in [5.41, 5.74) is 7.02.